The summed E-state index contributed by atoms with van der Waals surface area (Å²) in [5.41, 5.74) is 2.02. The van der Waals surface area contributed by atoms with E-state index in [1.807, 2.05) is 42.5 Å². The normalized spacial score (nSPS) is 11.2. The van der Waals surface area contributed by atoms with Crippen LogP contribution in [-0.4, -0.2) is 8.42 Å². The number of rotatable bonds is 4. The molecule has 0 saturated heterocycles. The first-order valence-corrected chi connectivity index (χ1v) is 9.11. The van der Waals surface area contributed by atoms with Gasteiger partial charge in [-0.25, -0.2) is 0 Å². The Balaban J connectivity index is 1.90. The third kappa shape index (κ3) is 3.63. The first-order valence-electron chi connectivity index (χ1n) is 6.91. The fourth-order valence-electron chi connectivity index (χ4n) is 2.13. The molecule has 3 aromatic rings. The van der Waals surface area contributed by atoms with Gasteiger partial charge < -0.3 is 4.18 Å². The molecule has 0 heterocycles. The molecule has 0 aromatic heterocycles. The van der Waals surface area contributed by atoms with Crippen molar-refractivity contribution in [3.8, 4) is 16.9 Å². The van der Waals surface area contributed by atoms with Crippen LogP contribution in [0.3, 0.4) is 0 Å². The molecule has 3 rings (SSSR count). The highest BCUT2D eigenvalue weighted by atomic mass is 79.9. The summed E-state index contributed by atoms with van der Waals surface area (Å²) >= 11 is 3.38. The molecule has 3 aromatic carbocycles. The Morgan fingerprint density at radius 1 is 0.739 bits per heavy atom. The van der Waals surface area contributed by atoms with E-state index in [0.717, 1.165) is 11.1 Å². The molecule has 3 nitrogen and oxygen atoms in total. The van der Waals surface area contributed by atoms with Gasteiger partial charge in [-0.3, -0.25) is 0 Å². The van der Waals surface area contributed by atoms with Crippen LogP contribution in [0.25, 0.3) is 11.1 Å². The van der Waals surface area contributed by atoms with Gasteiger partial charge in [0.2, 0.25) is 0 Å². The first-order chi connectivity index (χ1) is 11.1. The van der Waals surface area contributed by atoms with E-state index in [1.165, 1.54) is 12.1 Å². The van der Waals surface area contributed by atoms with Crippen LogP contribution < -0.4 is 4.18 Å². The van der Waals surface area contributed by atoms with E-state index < -0.39 is 10.1 Å². The van der Waals surface area contributed by atoms with Gasteiger partial charge in [-0.2, -0.15) is 8.42 Å². The second-order valence-electron chi connectivity index (χ2n) is 4.86. The molecule has 0 amide bonds. The molecule has 0 spiro atoms. The zero-order chi connectivity index (χ0) is 16.3. The third-order valence-electron chi connectivity index (χ3n) is 3.27. The van der Waals surface area contributed by atoms with Crippen LogP contribution in [0.1, 0.15) is 0 Å². The van der Waals surface area contributed by atoms with Crippen LogP contribution in [0, 0.1) is 0 Å². The summed E-state index contributed by atoms with van der Waals surface area (Å²) in [5, 5.41) is 0. The second kappa shape index (κ2) is 6.56. The van der Waals surface area contributed by atoms with E-state index in [0.29, 0.717) is 4.47 Å². The third-order valence-corrected chi connectivity index (χ3v) is 5.14. The molecule has 0 bridgehead atoms. The SMILES string of the molecule is O=S(=O)(Oc1ccc(-c2ccccc2)cc1Br)c1ccccc1. The molecule has 0 atom stereocenters. The van der Waals surface area contributed by atoms with E-state index in [1.54, 1.807) is 24.3 Å². The van der Waals surface area contributed by atoms with Crippen LogP contribution >= 0.6 is 15.9 Å². The zero-order valence-electron chi connectivity index (χ0n) is 12.0. The molecule has 0 unspecified atom stereocenters. The van der Waals surface area contributed by atoms with E-state index in [9.17, 15) is 8.42 Å². The Kier molecular flexibility index (Phi) is 4.50. The van der Waals surface area contributed by atoms with Crippen LogP contribution in [0.5, 0.6) is 5.75 Å². The molecule has 0 N–H and O–H groups in total. The lowest BCUT2D eigenvalue weighted by Crippen LogP contribution is -2.09. The molecule has 116 valence electrons. The fraction of sp³-hybridized carbons (Fsp3) is 0. The van der Waals surface area contributed by atoms with Crippen molar-refractivity contribution in [1.29, 1.82) is 0 Å². The van der Waals surface area contributed by atoms with Crippen molar-refractivity contribution in [2.75, 3.05) is 0 Å². The fourth-order valence-corrected chi connectivity index (χ4v) is 3.67. The molecule has 5 heteroatoms. The molecule has 0 fully saturated rings. The van der Waals surface area contributed by atoms with Crippen molar-refractivity contribution in [2.45, 2.75) is 4.90 Å². The summed E-state index contributed by atoms with van der Waals surface area (Å²) in [6.07, 6.45) is 0. The lowest BCUT2D eigenvalue weighted by molar-refractivity contribution is 0.484. The summed E-state index contributed by atoms with van der Waals surface area (Å²) in [6, 6.07) is 23.2. The molecule has 0 saturated carbocycles. The molecular weight excluding hydrogens is 376 g/mol. The predicted octanol–water partition coefficient (Wildman–Crippen LogP) is 4.88. The van der Waals surface area contributed by atoms with Crippen molar-refractivity contribution in [3.63, 3.8) is 0 Å². The van der Waals surface area contributed by atoms with E-state index in [2.05, 4.69) is 15.9 Å². The van der Waals surface area contributed by atoms with Gasteiger partial charge in [-0.15, -0.1) is 0 Å². The molecule has 0 radical (unpaired) electrons. The lowest BCUT2D eigenvalue weighted by atomic mass is 10.1. The maximum atomic E-state index is 12.3. The number of halogens is 1. The summed E-state index contributed by atoms with van der Waals surface area (Å²) in [7, 11) is -3.84. The number of hydrogen-bond acceptors (Lipinski definition) is 3. The minimum atomic E-state index is -3.84. The Morgan fingerprint density at radius 2 is 1.35 bits per heavy atom. The summed E-state index contributed by atoms with van der Waals surface area (Å²) in [6.45, 7) is 0. The van der Waals surface area contributed by atoms with Crippen LogP contribution in [0.4, 0.5) is 0 Å². The Bertz CT molecular complexity index is 908. The maximum Gasteiger partial charge on any atom is 0.339 e. The molecule has 23 heavy (non-hydrogen) atoms. The standard InChI is InChI=1S/C18H13BrO3S/c19-17-13-15(14-7-3-1-4-8-14)11-12-18(17)22-23(20,21)16-9-5-2-6-10-16/h1-13H. The average Bonchev–Trinajstić information content (AvgIpc) is 2.58. The van der Waals surface area contributed by atoms with Gasteiger partial charge in [0.15, 0.2) is 5.75 Å². The summed E-state index contributed by atoms with van der Waals surface area (Å²) in [5.74, 6) is 0.258. The van der Waals surface area contributed by atoms with Crippen molar-refractivity contribution in [3.05, 3.63) is 83.3 Å². The Labute approximate surface area is 143 Å². The van der Waals surface area contributed by atoms with Gasteiger partial charge in [0.05, 0.1) is 4.47 Å². The van der Waals surface area contributed by atoms with Gasteiger partial charge in [0.1, 0.15) is 4.90 Å². The molecule has 0 aliphatic rings. The molecule has 0 aliphatic carbocycles. The van der Waals surface area contributed by atoms with Crippen molar-refractivity contribution >= 4 is 26.0 Å². The zero-order valence-corrected chi connectivity index (χ0v) is 14.4. The summed E-state index contributed by atoms with van der Waals surface area (Å²) < 4.78 is 30.3. The smallest absolute Gasteiger partial charge is 0.339 e. The molecule has 0 aliphatic heterocycles. The highest BCUT2D eigenvalue weighted by Gasteiger charge is 2.17. The maximum absolute atomic E-state index is 12.3. The molecular formula is C18H13BrO3S. The van der Waals surface area contributed by atoms with Gasteiger partial charge in [-0.05, 0) is 51.3 Å². The number of benzene rings is 3. The van der Waals surface area contributed by atoms with Gasteiger partial charge in [0.25, 0.3) is 0 Å². The monoisotopic (exact) mass is 388 g/mol. The minimum absolute atomic E-state index is 0.124. The van der Waals surface area contributed by atoms with Gasteiger partial charge >= 0.3 is 10.1 Å². The first kappa shape index (κ1) is 15.8. The Hall–Kier alpha value is -2.11. The van der Waals surface area contributed by atoms with E-state index in [-0.39, 0.29) is 10.6 Å². The van der Waals surface area contributed by atoms with Crippen molar-refractivity contribution < 1.29 is 12.6 Å². The number of hydrogen-bond donors (Lipinski definition) is 0. The average molecular weight is 389 g/mol. The van der Waals surface area contributed by atoms with Crippen LogP contribution in [0.15, 0.2) is 88.2 Å². The van der Waals surface area contributed by atoms with E-state index >= 15 is 0 Å². The Morgan fingerprint density at radius 3 is 1.96 bits per heavy atom. The summed E-state index contributed by atoms with van der Waals surface area (Å²) in [4.78, 5) is 0.124. The van der Waals surface area contributed by atoms with E-state index in [4.69, 9.17) is 4.18 Å². The van der Waals surface area contributed by atoms with Gasteiger partial charge in [-0.1, -0.05) is 54.6 Å². The van der Waals surface area contributed by atoms with Crippen LogP contribution in [-0.2, 0) is 10.1 Å². The predicted molar refractivity (Wildman–Crippen MR) is 93.8 cm³/mol. The minimum Gasteiger partial charge on any atom is -0.378 e. The van der Waals surface area contributed by atoms with Crippen molar-refractivity contribution in [1.82, 2.24) is 0 Å². The highest BCUT2D eigenvalue weighted by Crippen LogP contribution is 2.32. The quantitative estimate of drug-likeness (QED) is 0.597. The van der Waals surface area contributed by atoms with Gasteiger partial charge in [0, 0.05) is 0 Å². The topological polar surface area (TPSA) is 43.4 Å². The van der Waals surface area contributed by atoms with Crippen molar-refractivity contribution in [2.24, 2.45) is 0 Å². The second-order valence-corrected chi connectivity index (χ2v) is 7.26. The largest absolute Gasteiger partial charge is 0.378 e. The lowest BCUT2D eigenvalue weighted by Gasteiger charge is -2.10. The van der Waals surface area contributed by atoms with Crippen LogP contribution in [0.2, 0.25) is 0 Å². The highest BCUT2D eigenvalue weighted by molar-refractivity contribution is 9.10.